The molecule has 1 aromatic heterocycles. The minimum absolute atomic E-state index is 0.288. The molecule has 0 atom stereocenters. The number of aryl methyl sites for hydroxylation is 1. The monoisotopic (exact) mass is 229 g/mol. The minimum Gasteiger partial charge on any atom is -0.254 e. The zero-order valence-corrected chi connectivity index (χ0v) is 8.31. The lowest BCUT2D eigenvalue weighted by Crippen LogP contribution is -1.88. The van der Waals surface area contributed by atoms with Crippen LogP contribution < -0.4 is 0 Å². The van der Waals surface area contributed by atoms with E-state index in [4.69, 9.17) is 0 Å². The van der Waals surface area contributed by atoms with Gasteiger partial charge in [-0.05, 0) is 24.6 Å². The normalized spacial score (nSPS) is 10.9. The predicted octanol–water partition coefficient (Wildman–Crippen LogP) is 2.94. The Hall–Kier alpha value is -0.700. The molecule has 0 aliphatic heterocycles. The van der Waals surface area contributed by atoms with Crippen molar-refractivity contribution in [3.05, 3.63) is 35.4 Å². The second-order valence-electron chi connectivity index (χ2n) is 2.41. The molecule has 0 N–H and O–H groups in total. The van der Waals surface area contributed by atoms with E-state index in [1.807, 2.05) is 19.1 Å². The lowest BCUT2D eigenvalue weighted by Gasteiger charge is -1.97. The molecule has 12 heavy (non-hydrogen) atoms. The highest BCUT2D eigenvalue weighted by molar-refractivity contribution is 9.09. The summed E-state index contributed by atoms with van der Waals surface area (Å²) in [6.45, 7) is 1.84. The lowest BCUT2D eigenvalue weighted by atomic mass is 10.2. The van der Waals surface area contributed by atoms with Crippen LogP contribution in [0.2, 0.25) is 0 Å². The summed E-state index contributed by atoms with van der Waals surface area (Å²) < 4.78 is 12.6. The van der Waals surface area contributed by atoms with Gasteiger partial charge in [0.25, 0.3) is 0 Å². The summed E-state index contributed by atoms with van der Waals surface area (Å²) in [5.74, 6) is -0.288. The van der Waals surface area contributed by atoms with Gasteiger partial charge >= 0.3 is 0 Å². The molecule has 0 fully saturated rings. The van der Waals surface area contributed by atoms with Crippen molar-refractivity contribution in [2.45, 2.75) is 6.92 Å². The SMILES string of the molecule is Cc1cc(F)cnc1C=CCBr. The molecule has 0 aliphatic carbocycles. The Morgan fingerprint density at radius 1 is 1.67 bits per heavy atom. The van der Waals surface area contributed by atoms with Gasteiger partial charge in [-0.1, -0.05) is 22.0 Å². The number of nitrogens with zero attached hydrogens (tertiary/aromatic N) is 1. The van der Waals surface area contributed by atoms with Gasteiger partial charge in [-0.3, -0.25) is 4.98 Å². The van der Waals surface area contributed by atoms with Gasteiger partial charge in [-0.2, -0.15) is 0 Å². The summed E-state index contributed by atoms with van der Waals surface area (Å²) in [5.41, 5.74) is 1.67. The van der Waals surface area contributed by atoms with Crippen LogP contribution in [-0.2, 0) is 0 Å². The van der Waals surface area contributed by atoms with Gasteiger partial charge in [0, 0.05) is 5.33 Å². The van der Waals surface area contributed by atoms with E-state index in [1.165, 1.54) is 12.3 Å². The summed E-state index contributed by atoms with van der Waals surface area (Å²) in [7, 11) is 0. The smallest absolute Gasteiger partial charge is 0.141 e. The van der Waals surface area contributed by atoms with Crippen LogP contribution in [0.25, 0.3) is 6.08 Å². The highest BCUT2D eigenvalue weighted by Crippen LogP contribution is 2.08. The predicted molar refractivity (Wildman–Crippen MR) is 51.8 cm³/mol. The number of allylic oxidation sites excluding steroid dienone is 1. The Kier molecular flexibility index (Phi) is 3.41. The van der Waals surface area contributed by atoms with Gasteiger partial charge in [-0.15, -0.1) is 0 Å². The van der Waals surface area contributed by atoms with Crippen LogP contribution in [0.15, 0.2) is 18.3 Å². The van der Waals surface area contributed by atoms with Crippen molar-refractivity contribution in [2.75, 3.05) is 5.33 Å². The first-order valence-corrected chi connectivity index (χ1v) is 4.71. The van der Waals surface area contributed by atoms with Crippen molar-refractivity contribution < 1.29 is 4.39 Å². The fourth-order valence-electron chi connectivity index (χ4n) is 0.882. The first-order valence-electron chi connectivity index (χ1n) is 3.58. The van der Waals surface area contributed by atoms with Crippen LogP contribution in [0.4, 0.5) is 4.39 Å². The van der Waals surface area contributed by atoms with E-state index in [0.29, 0.717) is 0 Å². The molecular weight excluding hydrogens is 221 g/mol. The highest BCUT2D eigenvalue weighted by Gasteiger charge is 1.96. The molecule has 0 aliphatic rings. The zero-order chi connectivity index (χ0) is 8.97. The van der Waals surface area contributed by atoms with Gasteiger partial charge < -0.3 is 0 Å². The van der Waals surface area contributed by atoms with Crippen LogP contribution in [0.5, 0.6) is 0 Å². The van der Waals surface area contributed by atoms with Gasteiger partial charge in [0.2, 0.25) is 0 Å². The Balaban J connectivity index is 2.94. The summed E-state index contributed by atoms with van der Waals surface area (Å²) >= 11 is 3.26. The quantitative estimate of drug-likeness (QED) is 0.711. The number of pyridine rings is 1. The third kappa shape index (κ3) is 2.41. The topological polar surface area (TPSA) is 12.9 Å². The molecule has 0 saturated carbocycles. The maximum Gasteiger partial charge on any atom is 0.141 e. The van der Waals surface area contributed by atoms with E-state index in [2.05, 4.69) is 20.9 Å². The largest absolute Gasteiger partial charge is 0.254 e. The number of hydrogen-bond donors (Lipinski definition) is 0. The second-order valence-corrected chi connectivity index (χ2v) is 3.06. The second kappa shape index (κ2) is 4.36. The maximum atomic E-state index is 12.6. The fourth-order valence-corrected chi connectivity index (χ4v) is 1.07. The van der Waals surface area contributed by atoms with Crippen LogP contribution in [0, 0.1) is 12.7 Å². The van der Waals surface area contributed by atoms with Gasteiger partial charge in [0.1, 0.15) is 5.82 Å². The minimum atomic E-state index is -0.288. The van der Waals surface area contributed by atoms with Crippen LogP contribution in [0.3, 0.4) is 0 Å². The molecular formula is C9H9BrFN. The number of halogens is 2. The molecule has 3 heteroatoms. The Morgan fingerprint density at radius 3 is 3.00 bits per heavy atom. The van der Waals surface area contributed by atoms with Gasteiger partial charge in [0.05, 0.1) is 11.9 Å². The van der Waals surface area contributed by atoms with Crippen LogP contribution >= 0.6 is 15.9 Å². The molecule has 0 amide bonds. The first kappa shape index (κ1) is 9.39. The molecule has 0 bridgehead atoms. The first-order chi connectivity index (χ1) is 5.74. The van der Waals surface area contributed by atoms with E-state index in [0.717, 1.165) is 16.6 Å². The van der Waals surface area contributed by atoms with Crippen LogP contribution in [-0.4, -0.2) is 10.3 Å². The van der Waals surface area contributed by atoms with Gasteiger partial charge in [0.15, 0.2) is 0 Å². The summed E-state index contributed by atoms with van der Waals surface area (Å²) in [5, 5.41) is 0.783. The van der Waals surface area contributed by atoms with Crippen molar-refractivity contribution in [3.8, 4) is 0 Å². The van der Waals surface area contributed by atoms with Crippen molar-refractivity contribution in [1.29, 1.82) is 0 Å². The average molecular weight is 230 g/mol. The Morgan fingerprint density at radius 2 is 2.42 bits per heavy atom. The summed E-state index contributed by atoms with van der Waals surface area (Å²) in [6, 6.07) is 1.47. The fraction of sp³-hybridized carbons (Fsp3) is 0.222. The van der Waals surface area contributed by atoms with Crippen molar-refractivity contribution >= 4 is 22.0 Å². The molecule has 64 valence electrons. The Bertz CT molecular complexity index is 297. The molecule has 1 nitrogen and oxygen atoms in total. The molecule has 0 unspecified atom stereocenters. The number of aromatic nitrogens is 1. The number of rotatable bonds is 2. The molecule has 0 aromatic carbocycles. The van der Waals surface area contributed by atoms with Crippen molar-refractivity contribution in [2.24, 2.45) is 0 Å². The number of alkyl halides is 1. The molecule has 1 aromatic rings. The average Bonchev–Trinajstić information content (AvgIpc) is 2.03. The van der Waals surface area contributed by atoms with Crippen molar-refractivity contribution in [1.82, 2.24) is 4.98 Å². The molecule has 1 rings (SSSR count). The van der Waals surface area contributed by atoms with E-state index < -0.39 is 0 Å². The molecule has 1 heterocycles. The molecule has 0 radical (unpaired) electrons. The van der Waals surface area contributed by atoms with E-state index in [-0.39, 0.29) is 5.82 Å². The summed E-state index contributed by atoms with van der Waals surface area (Å²) in [4.78, 5) is 3.93. The maximum absolute atomic E-state index is 12.6. The summed E-state index contributed by atoms with van der Waals surface area (Å²) in [6.07, 6.45) is 5.01. The van der Waals surface area contributed by atoms with E-state index >= 15 is 0 Å². The lowest BCUT2D eigenvalue weighted by molar-refractivity contribution is 0.619. The van der Waals surface area contributed by atoms with E-state index in [1.54, 1.807) is 0 Å². The van der Waals surface area contributed by atoms with E-state index in [9.17, 15) is 4.39 Å². The standard InChI is InChI=1S/C9H9BrFN/c1-7-5-8(11)6-12-9(7)3-2-4-10/h2-3,5-6H,4H2,1H3. The highest BCUT2D eigenvalue weighted by atomic mass is 79.9. The zero-order valence-electron chi connectivity index (χ0n) is 6.72. The molecule has 0 spiro atoms. The molecule has 0 saturated heterocycles. The van der Waals surface area contributed by atoms with Gasteiger partial charge in [-0.25, -0.2) is 4.39 Å². The number of hydrogen-bond acceptors (Lipinski definition) is 1. The third-order valence-corrected chi connectivity index (χ3v) is 1.82. The van der Waals surface area contributed by atoms with Crippen LogP contribution in [0.1, 0.15) is 11.3 Å². The Labute approximate surface area is 79.5 Å². The van der Waals surface area contributed by atoms with Crippen molar-refractivity contribution in [3.63, 3.8) is 0 Å². The third-order valence-electron chi connectivity index (χ3n) is 1.45.